The molecule has 0 amide bonds. The number of alkyl halides is 3. The molecule has 0 atom stereocenters. The van der Waals surface area contributed by atoms with Crippen LogP contribution in [0.3, 0.4) is 0 Å². The van der Waals surface area contributed by atoms with Gasteiger partial charge in [-0.2, -0.15) is 13.2 Å². The second-order valence-electron chi connectivity index (χ2n) is 5.63. The Hall–Kier alpha value is -2.91. The van der Waals surface area contributed by atoms with Gasteiger partial charge in [-0.15, -0.1) is 0 Å². The molecular formula is C15H14F3N7. The summed E-state index contributed by atoms with van der Waals surface area (Å²) >= 11 is 0. The smallest absolute Gasteiger partial charge is 0.350 e. The zero-order chi connectivity index (χ0) is 17.4. The Morgan fingerprint density at radius 1 is 0.880 bits per heavy atom. The van der Waals surface area contributed by atoms with Gasteiger partial charge in [0, 0.05) is 57.2 Å². The number of hydrogen-bond acceptors (Lipinski definition) is 6. The van der Waals surface area contributed by atoms with Gasteiger partial charge in [0.1, 0.15) is 0 Å². The molecule has 130 valence electrons. The summed E-state index contributed by atoms with van der Waals surface area (Å²) in [5.74, 6) is 1.10. The highest BCUT2D eigenvalue weighted by molar-refractivity contribution is 5.65. The molecule has 0 saturated carbocycles. The maximum absolute atomic E-state index is 12.9. The van der Waals surface area contributed by atoms with Gasteiger partial charge in [-0.3, -0.25) is 0 Å². The summed E-state index contributed by atoms with van der Waals surface area (Å²) in [6.07, 6.45) is 2.81. The number of halogens is 3. The first-order chi connectivity index (χ1) is 12.0. The van der Waals surface area contributed by atoms with E-state index in [1.165, 1.54) is 16.8 Å². The van der Waals surface area contributed by atoms with Crippen molar-refractivity contribution in [3.8, 4) is 0 Å². The van der Waals surface area contributed by atoms with Crippen molar-refractivity contribution in [3.05, 3.63) is 42.7 Å². The fourth-order valence-electron chi connectivity index (χ4n) is 2.84. The number of hydrogen-bond donors (Lipinski definition) is 0. The molecule has 1 aliphatic rings. The summed E-state index contributed by atoms with van der Waals surface area (Å²) < 4.78 is 40.1. The van der Waals surface area contributed by atoms with E-state index in [0.717, 1.165) is 6.20 Å². The van der Waals surface area contributed by atoms with E-state index in [1.54, 1.807) is 18.5 Å². The van der Waals surface area contributed by atoms with Crippen LogP contribution < -0.4 is 9.80 Å². The molecular weight excluding hydrogens is 335 g/mol. The topological polar surface area (TPSA) is 62.5 Å². The molecule has 0 radical (unpaired) electrons. The molecule has 3 aromatic rings. The molecule has 4 rings (SSSR count). The standard InChI is InChI=1S/C15H14F3N7/c16-15(17,18)11-10-25-5-4-19-12(13(25)22-11)23-6-8-24(9-7-23)14-20-2-1-3-21-14/h1-5,10H,6-9H2. The van der Waals surface area contributed by atoms with Crippen molar-refractivity contribution >= 4 is 17.4 Å². The third-order valence-corrected chi connectivity index (χ3v) is 4.06. The minimum atomic E-state index is -4.48. The Bertz CT molecular complexity index is 870. The molecule has 10 heteroatoms. The Kier molecular flexibility index (Phi) is 3.66. The Labute approximate surface area is 140 Å². The van der Waals surface area contributed by atoms with Crippen LogP contribution in [0.25, 0.3) is 5.65 Å². The minimum Gasteiger partial charge on any atom is -0.350 e. The highest BCUT2D eigenvalue weighted by Crippen LogP contribution is 2.30. The molecule has 0 N–H and O–H groups in total. The van der Waals surface area contributed by atoms with Gasteiger partial charge in [-0.05, 0) is 6.07 Å². The van der Waals surface area contributed by atoms with Crippen LogP contribution in [0.15, 0.2) is 37.1 Å². The molecule has 7 nitrogen and oxygen atoms in total. The zero-order valence-corrected chi connectivity index (χ0v) is 13.1. The average Bonchev–Trinajstić information content (AvgIpc) is 3.07. The SMILES string of the molecule is FC(F)(F)c1cn2ccnc(N3CCN(c4ncccn4)CC3)c2n1. The minimum absolute atomic E-state index is 0.208. The van der Waals surface area contributed by atoms with E-state index >= 15 is 0 Å². The van der Waals surface area contributed by atoms with Crippen LogP contribution in [0.4, 0.5) is 24.9 Å². The van der Waals surface area contributed by atoms with Gasteiger partial charge in [-0.1, -0.05) is 0 Å². The third kappa shape index (κ3) is 2.94. The van der Waals surface area contributed by atoms with E-state index in [0.29, 0.717) is 37.9 Å². The van der Waals surface area contributed by atoms with E-state index in [9.17, 15) is 13.2 Å². The first kappa shape index (κ1) is 15.6. The summed E-state index contributed by atoms with van der Waals surface area (Å²) in [4.78, 5) is 20.4. The first-order valence-corrected chi connectivity index (χ1v) is 7.70. The monoisotopic (exact) mass is 349 g/mol. The van der Waals surface area contributed by atoms with Crippen LogP contribution in [-0.2, 0) is 6.18 Å². The van der Waals surface area contributed by atoms with E-state index in [4.69, 9.17) is 0 Å². The van der Waals surface area contributed by atoms with E-state index in [-0.39, 0.29) is 5.65 Å². The molecule has 1 saturated heterocycles. The highest BCUT2D eigenvalue weighted by atomic mass is 19.4. The van der Waals surface area contributed by atoms with Crippen LogP contribution >= 0.6 is 0 Å². The van der Waals surface area contributed by atoms with Crippen LogP contribution in [-0.4, -0.2) is 50.5 Å². The zero-order valence-electron chi connectivity index (χ0n) is 13.1. The first-order valence-electron chi connectivity index (χ1n) is 7.70. The molecule has 1 aliphatic heterocycles. The molecule has 1 fully saturated rings. The van der Waals surface area contributed by atoms with Crippen LogP contribution in [0.5, 0.6) is 0 Å². The average molecular weight is 349 g/mol. The molecule has 0 aromatic carbocycles. The molecule has 4 heterocycles. The number of nitrogens with zero attached hydrogens (tertiary/aromatic N) is 7. The quantitative estimate of drug-likeness (QED) is 0.704. The van der Waals surface area contributed by atoms with Gasteiger partial charge in [0.15, 0.2) is 17.2 Å². The lowest BCUT2D eigenvalue weighted by Crippen LogP contribution is -2.47. The van der Waals surface area contributed by atoms with Gasteiger partial charge in [0.2, 0.25) is 5.95 Å². The van der Waals surface area contributed by atoms with Crippen molar-refractivity contribution in [2.75, 3.05) is 36.0 Å². The van der Waals surface area contributed by atoms with Crippen molar-refractivity contribution in [1.29, 1.82) is 0 Å². The van der Waals surface area contributed by atoms with Gasteiger partial charge in [0.25, 0.3) is 0 Å². The summed E-state index contributed by atoms with van der Waals surface area (Å²) in [7, 11) is 0. The van der Waals surface area contributed by atoms with Crippen LogP contribution in [0.1, 0.15) is 5.69 Å². The van der Waals surface area contributed by atoms with E-state index in [1.807, 2.05) is 9.80 Å². The fourth-order valence-corrected chi connectivity index (χ4v) is 2.84. The van der Waals surface area contributed by atoms with Gasteiger partial charge in [-0.25, -0.2) is 19.9 Å². The van der Waals surface area contributed by atoms with Crippen molar-refractivity contribution in [2.24, 2.45) is 0 Å². The normalized spacial score (nSPS) is 15.8. The summed E-state index contributed by atoms with van der Waals surface area (Å²) in [6, 6.07) is 1.75. The maximum Gasteiger partial charge on any atom is 0.434 e. The maximum atomic E-state index is 12.9. The molecule has 25 heavy (non-hydrogen) atoms. The largest absolute Gasteiger partial charge is 0.434 e. The Morgan fingerprint density at radius 3 is 2.24 bits per heavy atom. The summed E-state index contributed by atoms with van der Waals surface area (Å²) in [5.41, 5.74) is -0.711. The molecule has 0 bridgehead atoms. The third-order valence-electron chi connectivity index (χ3n) is 4.06. The number of fused-ring (bicyclic) bond motifs is 1. The highest BCUT2D eigenvalue weighted by Gasteiger charge is 2.34. The Morgan fingerprint density at radius 2 is 1.56 bits per heavy atom. The van der Waals surface area contributed by atoms with Gasteiger partial charge >= 0.3 is 6.18 Å². The molecule has 0 unspecified atom stereocenters. The summed E-state index contributed by atoms with van der Waals surface area (Å²) in [5, 5.41) is 0. The predicted octanol–water partition coefficient (Wildman–Crippen LogP) is 1.86. The second-order valence-corrected chi connectivity index (χ2v) is 5.63. The summed E-state index contributed by atoms with van der Waals surface area (Å²) in [6.45, 7) is 2.50. The second kappa shape index (κ2) is 5.87. The lowest BCUT2D eigenvalue weighted by molar-refractivity contribution is -0.140. The van der Waals surface area contributed by atoms with Crippen molar-refractivity contribution in [1.82, 2.24) is 24.3 Å². The van der Waals surface area contributed by atoms with Crippen molar-refractivity contribution in [3.63, 3.8) is 0 Å². The van der Waals surface area contributed by atoms with Gasteiger partial charge in [0.05, 0.1) is 0 Å². The van der Waals surface area contributed by atoms with Crippen molar-refractivity contribution < 1.29 is 13.2 Å². The number of piperazine rings is 1. The lowest BCUT2D eigenvalue weighted by Gasteiger charge is -2.35. The predicted molar refractivity (Wildman–Crippen MR) is 84.4 cm³/mol. The molecule has 0 spiro atoms. The molecule has 0 aliphatic carbocycles. The molecule has 3 aromatic heterocycles. The number of anilines is 2. The van der Waals surface area contributed by atoms with E-state index < -0.39 is 11.9 Å². The van der Waals surface area contributed by atoms with Crippen LogP contribution in [0.2, 0.25) is 0 Å². The fraction of sp³-hybridized carbons (Fsp3) is 0.333. The number of rotatable bonds is 2. The number of imidazole rings is 1. The van der Waals surface area contributed by atoms with Crippen molar-refractivity contribution in [2.45, 2.75) is 6.18 Å². The van der Waals surface area contributed by atoms with Crippen LogP contribution in [0, 0.1) is 0 Å². The number of aromatic nitrogens is 5. The van der Waals surface area contributed by atoms with Gasteiger partial charge < -0.3 is 14.2 Å². The van der Waals surface area contributed by atoms with E-state index in [2.05, 4.69) is 19.9 Å². The lowest BCUT2D eigenvalue weighted by atomic mass is 10.3. The Balaban J connectivity index is 1.58.